The smallest absolute Gasteiger partial charge is 0.408 e. The van der Waals surface area contributed by atoms with E-state index in [4.69, 9.17) is 4.74 Å². The number of aliphatic hydroxyl groups excluding tert-OH is 2. The molecule has 35 heavy (non-hydrogen) atoms. The fourth-order valence-corrected chi connectivity index (χ4v) is 3.41. The highest BCUT2D eigenvalue weighted by Crippen LogP contribution is 2.23. The van der Waals surface area contributed by atoms with Crippen LogP contribution in [0.4, 0.5) is 4.79 Å². The summed E-state index contributed by atoms with van der Waals surface area (Å²) >= 11 is 0. The van der Waals surface area contributed by atoms with Gasteiger partial charge in [-0.25, -0.2) is 4.79 Å². The van der Waals surface area contributed by atoms with Crippen LogP contribution in [0.1, 0.15) is 43.5 Å². The molecule has 0 saturated carbocycles. The van der Waals surface area contributed by atoms with Crippen LogP contribution in [0.25, 0.3) is 0 Å². The molecule has 3 amide bonds. The van der Waals surface area contributed by atoms with Gasteiger partial charge in [-0.3, -0.25) is 9.59 Å². The first-order chi connectivity index (χ1) is 16.6. The first-order valence-electron chi connectivity index (χ1n) is 11.5. The van der Waals surface area contributed by atoms with Crippen LogP contribution < -0.4 is 10.6 Å². The van der Waals surface area contributed by atoms with Gasteiger partial charge in [-0.05, 0) is 38.8 Å². The van der Waals surface area contributed by atoms with Crippen molar-refractivity contribution < 1.29 is 29.3 Å². The number of ether oxygens (including phenoxy) is 1. The first kappa shape index (κ1) is 27.8. The lowest BCUT2D eigenvalue weighted by molar-refractivity contribution is -0.143. The van der Waals surface area contributed by atoms with Gasteiger partial charge >= 0.3 is 6.09 Å². The summed E-state index contributed by atoms with van der Waals surface area (Å²) in [5.41, 5.74) is 1.57. The summed E-state index contributed by atoms with van der Waals surface area (Å²) in [6, 6.07) is 13.9. The summed E-state index contributed by atoms with van der Waals surface area (Å²) in [5, 5.41) is 24.8. The van der Waals surface area contributed by atoms with Crippen molar-refractivity contribution in [3.63, 3.8) is 0 Å². The van der Waals surface area contributed by atoms with E-state index in [1.807, 2.05) is 49.4 Å². The van der Waals surface area contributed by atoms with Crippen LogP contribution in [0.15, 0.2) is 54.6 Å². The standard InChI is InChI=1S/C26H35N3O6/c1-18-10-12-20(13-11-18)22(23(32)27-16-19-8-6-5-7-9-19)29(14-15-30)24(33)21(17-31)28-25(34)35-26(2,3)4/h5-13,21-22,30-31H,14-17H2,1-4H3,(H,27,32)(H,28,34). The first-order valence-corrected chi connectivity index (χ1v) is 11.5. The Morgan fingerprint density at radius 3 is 2.17 bits per heavy atom. The van der Waals surface area contributed by atoms with Crippen LogP contribution in [-0.2, 0) is 20.9 Å². The van der Waals surface area contributed by atoms with Crippen molar-refractivity contribution in [1.29, 1.82) is 0 Å². The van der Waals surface area contributed by atoms with E-state index in [1.165, 1.54) is 0 Å². The van der Waals surface area contributed by atoms with Gasteiger partial charge in [0.05, 0.1) is 13.2 Å². The monoisotopic (exact) mass is 485 g/mol. The van der Waals surface area contributed by atoms with Crippen LogP contribution >= 0.6 is 0 Å². The topological polar surface area (TPSA) is 128 Å². The molecule has 0 aromatic heterocycles. The number of amides is 3. The zero-order valence-electron chi connectivity index (χ0n) is 20.7. The number of nitrogens with one attached hydrogen (secondary N) is 2. The molecule has 2 unspecified atom stereocenters. The third-order valence-electron chi connectivity index (χ3n) is 5.06. The molecule has 190 valence electrons. The molecule has 0 saturated heterocycles. The maximum Gasteiger partial charge on any atom is 0.408 e. The van der Waals surface area contributed by atoms with Crippen molar-refractivity contribution >= 4 is 17.9 Å². The van der Waals surface area contributed by atoms with E-state index in [9.17, 15) is 24.6 Å². The highest BCUT2D eigenvalue weighted by Gasteiger charge is 2.35. The SMILES string of the molecule is Cc1ccc(C(C(=O)NCc2ccccc2)N(CCO)C(=O)C(CO)NC(=O)OC(C)(C)C)cc1. The largest absolute Gasteiger partial charge is 0.444 e. The van der Waals surface area contributed by atoms with Gasteiger partial charge in [0, 0.05) is 13.1 Å². The molecule has 0 radical (unpaired) electrons. The van der Waals surface area contributed by atoms with E-state index in [1.54, 1.807) is 32.9 Å². The average Bonchev–Trinajstić information content (AvgIpc) is 2.81. The van der Waals surface area contributed by atoms with Gasteiger partial charge in [0.25, 0.3) is 0 Å². The van der Waals surface area contributed by atoms with Gasteiger partial charge in [-0.15, -0.1) is 0 Å². The number of benzene rings is 2. The molecule has 0 heterocycles. The van der Waals surface area contributed by atoms with Crippen LogP contribution in [0.3, 0.4) is 0 Å². The van der Waals surface area contributed by atoms with Crippen molar-refractivity contribution in [2.75, 3.05) is 19.8 Å². The molecule has 9 nitrogen and oxygen atoms in total. The number of rotatable bonds is 10. The molecule has 0 aliphatic heterocycles. The van der Waals surface area contributed by atoms with Crippen molar-refractivity contribution in [3.05, 3.63) is 71.3 Å². The predicted molar refractivity (Wildman–Crippen MR) is 131 cm³/mol. The third-order valence-corrected chi connectivity index (χ3v) is 5.06. The Kier molecular flexibility index (Phi) is 10.2. The van der Waals surface area contributed by atoms with Crippen LogP contribution in [0.2, 0.25) is 0 Å². The lowest BCUT2D eigenvalue weighted by atomic mass is 10.0. The molecular formula is C26H35N3O6. The molecule has 2 aromatic carbocycles. The van der Waals surface area contributed by atoms with Crippen molar-refractivity contribution in [1.82, 2.24) is 15.5 Å². The Bertz CT molecular complexity index is 973. The normalized spacial score (nSPS) is 12.9. The third kappa shape index (κ3) is 8.70. The van der Waals surface area contributed by atoms with Gasteiger partial charge in [0.1, 0.15) is 17.7 Å². The van der Waals surface area contributed by atoms with Gasteiger partial charge in [0.15, 0.2) is 0 Å². The maximum atomic E-state index is 13.4. The zero-order valence-corrected chi connectivity index (χ0v) is 20.7. The summed E-state index contributed by atoms with van der Waals surface area (Å²) in [6.45, 7) is 5.82. The number of aliphatic hydroxyl groups is 2. The van der Waals surface area contributed by atoms with E-state index in [2.05, 4.69) is 10.6 Å². The fourth-order valence-electron chi connectivity index (χ4n) is 3.41. The molecule has 0 fully saturated rings. The molecule has 2 atom stereocenters. The van der Waals surface area contributed by atoms with Crippen LogP contribution in [0.5, 0.6) is 0 Å². The highest BCUT2D eigenvalue weighted by molar-refractivity contribution is 5.92. The van der Waals surface area contributed by atoms with Crippen molar-refractivity contribution in [2.24, 2.45) is 0 Å². The second-order valence-electron chi connectivity index (χ2n) is 9.15. The van der Waals surface area contributed by atoms with E-state index in [0.29, 0.717) is 5.56 Å². The van der Waals surface area contributed by atoms with Crippen molar-refractivity contribution in [3.8, 4) is 0 Å². The highest BCUT2D eigenvalue weighted by atomic mass is 16.6. The van der Waals surface area contributed by atoms with E-state index >= 15 is 0 Å². The fraction of sp³-hybridized carbons (Fsp3) is 0.423. The molecule has 9 heteroatoms. The summed E-state index contributed by atoms with van der Waals surface area (Å²) in [5.74, 6) is -1.19. The van der Waals surface area contributed by atoms with Gasteiger partial charge in [-0.2, -0.15) is 0 Å². The predicted octanol–water partition coefficient (Wildman–Crippen LogP) is 2.06. The van der Waals surface area contributed by atoms with E-state index in [-0.39, 0.29) is 13.1 Å². The molecule has 0 spiro atoms. The molecule has 2 aromatic rings. The maximum absolute atomic E-state index is 13.4. The van der Waals surface area contributed by atoms with E-state index in [0.717, 1.165) is 16.0 Å². The molecular weight excluding hydrogens is 450 g/mol. The van der Waals surface area contributed by atoms with E-state index < -0.39 is 48.8 Å². The second-order valence-corrected chi connectivity index (χ2v) is 9.15. The molecule has 0 aliphatic carbocycles. The molecule has 0 bridgehead atoms. The Labute approximate surface area is 206 Å². The Morgan fingerprint density at radius 2 is 1.63 bits per heavy atom. The van der Waals surface area contributed by atoms with Crippen LogP contribution in [-0.4, -0.2) is 64.4 Å². The summed E-state index contributed by atoms with van der Waals surface area (Å²) in [6.07, 6.45) is -0.880. The summed E-state index contributed by atoms with van der Waals surface area (Å²) < 4.78 is 5.19. The Hall–Kier alpha value is -3.43. The lowest BCUT2D eigenvalue weighted by Gasteiger charge is -2.33. The number of hydrogen-bond acceptors (Lipinski definition) is 6. The minimum Gasteiger partial charge on any atom is -0.444 e. The second kappa shape index (κ2) is 12.9. The lowest BCUT2D eigenvalue weighted by Crippen LogP contribution is -2.55. The van der Waals surface area contributed by atoms with Gasteiger partial charge < -0.3 is 30.5 Å². The number of carbonyl (C=O) groups is 3. The number of alkyl carbamates (subject to hydrolysis) is 1. The van der Waals surface area contributed by atoms with Crippen molar-refractivity contribution in [2.45, 2.75) is 51.9 Å². The number of carbonyl (C=O) groups excluding carboxylic acids is 3. The molecule has 2 rings (SSSR count). The summed E-state index contributed by atoms with van der Waals surface area (Å²) in [7, 11) is 0. The minimum absolute atomic E-state index is 0.192. The number of nitrogens with zero attached hydrogens (tertiary/aromatic N) is 1. The molecule has 0 aliphatic rings. The number of hydrogen-bond donors (Lipinski definition) is 4. The quantitative estimate of drug-likeness (QED) is 0.408. The summed E-state index contributed by atoms with van der Waals surface area (Å²) in [4.78, 5) is 40.2. The molecule has 4 N–H and O–H groups in total. The number of aryl methyl sites for hydroxylation is 1. The average molecular weight is 486 g/mol. The zero-order chi connectivity index (χ0) is 26.0. The van der Waals surface area contributed by atoms with Crippen LogP contribution in [0, 0.1) is 6.92 Å². The Balaban J connectivity index is 2.34. The van der Waals surface area contributed by atoms with Gasteiger partial charge in [0.2, 0.25) is 11.8 Å². The Morgan fingerprint density at radius 1 is 1.00 bits per heavy atom. The minimum atomic E-state index is -1.37. The van der Waals surface area contributed by atoms with Gasteiger partial charge in [-0.1, -0.05) is 60.2 Å².